The number of carbonyl (C=O) groups is 1. The number of ether oxygens (including phenoxy) is 8. The molecule has 3 aromatic heterocycles. The molecule has 0 radical (unpaired) electrons. The van der Waals surface area contributed by atoms with E-state index in [1.54, 1.807) is 56.8 Å². The average molecular weight is 1040 g/mol. The van der Waals surface area contributed by atoms with Crippen molar-refractivity contribution in [1.82, 2.24) is 29.7 Å². The van der Waals surface area contributed by atoms with Gasteiger partial charge in [0.25, 0.3) is 0 Å². The Labute approximate surface area is 432 Å². The van der Waals surface area contributed by atoms with Gasteiger partial charge >= 0.3 is 5.97 Å². The van der Waals surface area contributed by atoms with Crippen molar-refractivity contribution in [1.29, 1.82) is 0 Å². The fourth-order valence-electron chi connectivity index (χ4n) is 8.39. The first-order valence-electron chi connectivity index (χ1n) is 23.8. The molecule has 3 aliphatic heterocycles. The highest BCUT2D eigenvalue weighted by atomic mass is 35.5. The fraction of sp³-hybridized carbons (Fsp3) is 0.352. The first-order valence-corrected chi connectivity index (χ1v) is 25.0. The Morgan fingerprint density at radius 1 is 0.932 bits per heavy atom. The number of aliphatic carboxylic acids is 1. The predicted octanol–water partition coefficient (Wildman–Crippen LogP) is 9.06. The molecule has 2 bridgehead atoms. The molecule has 19 heteroatoms. The second kappa shape index (κ2) is 25.9. The van der Waals surface area contributed by atoms with Crippen LogP contribution in [0.3, 0.4) is 0 Å². The van der Waals surface area contributed by atoms with Gasteiger partial charge in [0, 0.05) is 69.1 Å². The average Bonchev–Trinajstić information content (AvgIpc) is 3.79. The third-order valence-electron chi connectivity index (χ3n) is 12.2. The van der Waals surface area contributed by atoms with Crippen LogP contribution in [-0.4, -0.2) is 146 Å². The monoisotopic (exact) mass is 1040 g/mol. The quantitative estimate of drug-likeness (QED) is 0.0762. The Hall–Kier alpha value is -6.51. The standard InChI is InChI=1S/C54H58ClFN6O10S/c1-5-8-39-29-40(69-32-38-17-18-57-51(60-38)43-9-6-7-10-44(43)66-4)30-46(54(63)64)72-52-48-47(50(73-53(48)59-34-58-52)36-11-13-37(56)14-12-36)42-15-16-45(49(55)35(42)2)71-41(33-70-39)31-62-21-19-61(20-22-62)23-24-67-27-28-68-26-25-65-3/h5-18,29,34,41,46H,1,19-28,30-33H2,2-4H3,(H,63,64)/b39-8+,40-29-/t41-,46-/m1/s1. The van der Waals surface area contributed by atoms with Crippen LogP contribution in [0.4, 0.5) is 4.39 Å². The summed E-state index contributed by atoms with van der Waals surface area (Å²) in [6, 6.07) is 19.0. The zero-order valence-electron chi connectivity index (χ0n) is 41.0. The van der Waals surface area contributed by atoms with E-state index in [9.17, 15) is 14.3 Å². The first-order chi connectivity index (χ1) is 35.6. The molecule has 6 aromatic rings. The number of aromatic nitrogens is 4. The molecule has 2 atom stereocenters. The van der Waals surface area contributed by atoms with Gasteiger partial charge in [0.15, 0.2) is 5.82 Å². The van der Waals surface area contributed by atoms with E-state index in [4.69, 9.17) is 54.5 Å². The van der Waals surface area contributed by atoms with Crippen LogP contribution >= 0.6 is 22.9 Å². The Morgan fingerprint density at radius 3 is 2.47 bits per heavy atom. The van der Waals surface area contributed by atoms with Crippen molar-refractivity contribution in [2.75, 3.05) is 93.1 Å². The highest BCUT2D eigenvalue weighted by Crippen LogP contribution is 2.49. The number of piperazine rings is 1. The van der Waals surface area contributed by atoms with Gasteiger partial charge in [-0.25, -0.2) is 29.1 Å². The van der Waals surface area contributed by atoms with E-state index in [1.165, 1.54) is 29.8 Å². The third kappa shape index (κ3) is 13.8. The van der Waals surface area contributed by atoms with E-state index in [-0.39, 0.29) is 31.3 Å². The van der Waals surface area contributed by atoms with Gasteiger partial charge in [0.05, 0.1) is 68.2 Å². The number of carboxylic acids is 1. The lowest BCUT2D eigenvalue weighted by Gasteiger charge is -2.36. The van der Waals surface area contributed by atoms with Gasteiger partial charge < -0.3 is 43.0 Å². The predicted molar refractivity (Wildman–Crippen MR) is 277 cm³/mol. The van der Waals surface area contributed by atoms with Crippen molar-refractivity contribution in [2.45, 2.75) is 32.2 Å². The van der Waals surface area contributed by atoms with Crippen LogP contribution in [0.25, 0.3) is 43.2 Å². The molecule has 1 fully saturated rings. The summed E-state index contributed by atoms with van der Waals surface area (Å²) in [6.07, 6.45) is 5.45. The number of benzene rings is 3. The number of para-hydroxylation sites is 1. The number of hydrogen-bond acceptors (Lipinski definition) is 16. The Balaban J connectivity index is 1.13. The Morgan fingerprint density at radius 2 is 1.70 bits per heavy atom. The topological polar surface area (TPSA) is 169 Å². The molecule has 3 aliphatic rings. The van der Waals surface area contributed by atoms with Gasteiger partial charge in [-0.2, -0.15) is 0 Å². The van der Waals surface area contributed by atoms with Crippen molar-refractivity contribution in [3.05, 3.63) is 138 Å². The highest BCUT2D eigenvalue weighted by molar-refractivity contribution is 7.22. The fourth-order valence-corrected chi connectivity index (χ4v) is 9.75. The van der Waals surface area contributed by atoms with E-state index in [0.29, 0.717) is 111 Å². The summed E-state index contributed by atoms with van der Waals surface area (Å²) >= 11 is 8.65. The number of hydrogen-bond donors (Lipinski definition) is 1. The van der Waals surface area contributed by atoms with Crippen LogP contribution in [-0.2, 0) is 35.1 Å². The van der Waals surface area contributed by atoms with E-state index in [1.807, 2.05) is 43.3 Å². The minimum atomic E-state index is -1.53. The molecule has 6 heterocycles. The molecular weight excluding hydrogens is 979 g/mol. The SMILES string of the molecule is C=C/C=C1\C=C(/OCc2ccnc(-c3ccccc3OC)n2)C[C@H](C(=O)O)Oc2ncnc3sc(-c4ccc(F)cc4)c(c23)-c2ccc(c(Cl)c2C)O[C@H](CN2CCN(CCOCCOCCOC)CC2)CO1. The van der Waals surface area contributed by atoms with Crippen LogP contribution in [0.2, 0.25) is 5.02 Å². The number of rotatable bonds is 19. The molecule has 1 saturated heterocycles. The van der Waals surface area contributed by atoms with Gasteiger partial charge in [-0.05, 0) is 66.1 Å². The smallest absolute Gasteiger partial charge is 0.345 e. The third-order valence-corrected chi connectivity index (χ3v) is 13.8. The van der Waals surface area contributed by atoms with Gasteiger partial charge in [-0.1, -0.05) is 54.6 Å². The number of thiophene rings is 1. The molecular formula is C54H58ClFN6O10S. The number of halogens is 2. The van der Waals surface area contributed by atoms with E-state index in [2.05, 4.69) is 31.3 Å². The van der Waals surface area contributed by atoms with Crippen LogP contribution in [0, 0.1) is 12.7 Å². The van der Waals surface area contributed by atoms with Gasteiger partial charge in [-0.3, -0.25) is 9.80 Å². The molecule has 16 nitrogen and oxygen atoms in total. The summed E-state index contributed by atoms with van der Waals surface area (Å²) in [5, 5.41) is 11.7. The number of methoxy groups -OCH3 is 2. The molecule has 0 aliphatic carbocycles. The molecule has 0 saturated carbocycles. The Kier molecular flexibility index (Phi) is 18.8. The van der Waals surface area contributed by atoms with Crippen LogP contribution in [0.5, 0.6) is 17.4 Å². The maximum atomic E-state index is 14.4. The minimum absolute atomic E-state index is 0.0166. The van der Waals surface area contributed by atoms with Crippen LogP contribution < -0.4 is 14.2 Å². The minimum Gasteiger partial charge on any atom is -0.496 e. The van der Waals surface area contributed by atoms with Gasteiger partial charge in [0.1, 0.15) is 59.3 Å². The molecule has 0 unspecified atom stereocenters. The van der Waals surface area contributed by atoms with Crippen molar-refractivity contribution in [3.8, 4) is 50.3 Å². The maximum absolute atomic E-state index is 14.4. The van der Waals surface area contributed by atoms with Crippen molar-refractivity contribution in [2.24, 2.45) is 0 Å². The van der Waals surface area contributed by atoms with Gasteiger partial charge in [0.2, 0.25) is 12.0 Å². The van der Waals surface area contributed by atoms with E-state index < -0.39 is 24.0 Å². The van der Waals surface area contributed by atoms with Crippen molar-refractivity contribution >= 4 is 39.1 Å². The lowest BCUT2D eigenvalue weighted by molar-refractivity contribution is -0.145. The number of allylic oxidation sites excluding steroid dienone is 3. The van der Waals surface area contributed by atoms with Crippen molar-refractivity contribution < 1.29 is 52.2 Å². The number of fused-ring (bicyclic) bond motifs is 10. The Bertz CT molecular complexity index is 2900. The maximum Gasteiger partial charge on any atom is 0.345 e. The zero-order chi connectivity index (χ0) is 51.1. The summed E-state index contributed by atoms with van der Waals surface area (Å²) in [4.78, 5) is 37.7. The second-order valence-electron chi connectivity index (χ2n) is 17.1. The van der Waals surface area contributed by atoms with E-state index in [0.717, 1.165) is 37.6 Å². The molecule has 384 valence electrons. The number of nitrogens with zero attached hydrogens (tertiary/aromatic N) is 6. The molecule has 0 amide bonds. The molecule has 9 rings (SSSR count). The molecule has 73 heavy (non-hydrogen) atoms. The van der Waals surface area contributed by atoms with Crippen molar-refractivity contribution in [3.63, 3.8) is 0 Å². The molecule has 3 aromatic carbocycles. The normalized spacial score (nSPS) is 18.0. The zero-order valence-corrected chi connectivity index (χ0v) is 42.5. The lowest BCUT2D eigenvalue weighted by Crippen LogP contribution is -2.50. The molecule has 1 N–H and O–H groups in total. The summed E-state index contributed by atoms with van der Waals surface area (Å²) in [5.74, 6) is 0.327. The molecule has 0 spiro atoms. The first kappa shape index (κ1) is 52.8. The van der Waals surface area contributed by atoms with E-state index >= 15 is 0 Å². The lowest BCUT2D eigenvalue weighted by atomic mass is 9.96. The largest absolute Gasteiger partial charge is 0.496 e. The summed E-state index contributed by atoms with van der Waals surface area (Å²) < 4.78 is 62.6. The second-order valence-corrected chi connectivity index (χ2v) is 18.4. The van der Waals surface area contributed by atoms with Gasteiger partial charge in [-0.15, -0.1) is 11.3 Å². The summed E-state index contributed by atoms with van der Waals surface area (Å²) in [7, 11) is 3.22. The number of carboxylic acid groups (broad SMARTS) is 1. The summed E-state index contributed by atoms with van der Waals surface area (Å²) in [5.41, 5.74) is 3.91. The van der Waals surface area contributed by atoms with Crippen LogP contribution in [0.1, 0.15) is 17.7 Å². The highest BCUT2D eigenvalue weighted by Gasteiger charge is 2.30. The summed E-state index contributed by atoms with van der Waals surface area (Å²) in [6.45, 7) is 13.1. The van der Waals surface area contributed by atoms with Crippen LogP contribution in [0.15, 0.2) is 116 Å².